The number of carbonyl (C=O) groups excluding carboxylic acids is 2. The number of hydrogen-bond acceptors (Lipinski definition) is 6. The van der Waals surface area contributed by atoms with Crippen LogP contribution in [0.1, 0.15) is 47.0 Å². The molecule has 2 rings (SSSR count). The van der Waals surface area contributed by atoms with Crippen molar-refractivity contribution in [2.24, 2.45) is 5.92 Å². The molecule has 2 amide bonds. The second-order valence-electron chi connectivity index (χ2n) is 8.43. The fraction of sp³-hybridized carbons (Fsp3) is 0.565. The molecule has 9 nitrogen and oxygen atoms in total. The first-order chi connectivity index (χ1) is 15.2. The largest absolute Gasteiger partial charge is 0.493 e. The summed E-state index contributed by atoms with van der Waals surface area (Å²) in [6, 6.07) is 2.45. The van der Waals surface area contributed by atoms with E-state index in [9.17, 15) is 14.4 Å². The molecular formula is C23H34N4O5. The van der Waals surface area contributed by atoms with E-state index in [1.54, 1.807) is 13.0 Å². The Balaban J connectivity index is 2.00. The number of aromatic nitrogens is 2. The highest BCUT2D eigenvalue weighted by Gasteiger charge is 2.19. The van der Waals surface area contributed by atoms with Crippen molar-refractivity contribution in [3.63, 3.8) is 0 Å². The number of nitrogens with one attached hydrogen (secondary N) is 2. The third-order valence-electron chi connectivity index (χ3n) is 5.22. The summed E-state index contributed by atoms with van der Waals surface area (Å²) in [6.07, 6.45) is 4.34. The van der Waals surface area contributed by atoms with E-state index >= 15 is 0 Å². The lowest BCUT2D eigenvalue weighted by Crippen LogP contribution is -2.48. The minimum absolute atomic E-state index is 0.0277. The zero-order valence-corrected chi connectivity index (χ0v) is 19.7. The first-order valence-electron chi connectivity index (χ1n) is 10.9. The van der Waals surface area contributed by atoms with Crippen molar-refractivity contribution in [1.29, 1.82) is 0 Å². The van der Waals surface area contributed by atoms with Gasteiger partial charge in [0.1, 0.15) is 12.6 Å². The van der Waals surface area contributed by atoms with Gasteiger partial charge in [-0.1, -0.05) is 26.7 Å². The van der Waals surface area contributed by atoms with Gasteiger partial charge in [-0.2, -0.15) is 0 Å². The maximum atomic E-state index is 12.8. The lowest BCUT2D eigenvalue weighted by Gasteiger charge is -2.19. The van der Waals surface area contributed by atoms with Crippen LogP contribution in [0.3, 0.4) is 0 Å². The van der Waals surface area contributed by atoms with Crippen LogP contribution in [0, 0.1) is 5.92 Å². The molecule has 0 unspecified atom stereocenters. The highest BCUT2D eigenvalue weighted by atomic mass is 16.5. The van der Waals surface area contributed by atoms with Gasteiger partial charge in [-0.15, -0.1) is 0 Å². The van der Waals surface area contributed by atoms with Gasteiger partial charge in [-0.25, -0.2) is 4.98 Å². The van der Waals surface area contributed by atoms with Gasteiger partial charge in [0.15, 0.2) is 11.5 Å². The number of fused-ring (bicyclic) bond motifs is 1. The van der Waals surface area contributed by atoms with Crippen molar-refractivity contribution in [1.82, 2.24) is 20.2 Å². The Labute approximate surface area is 188 Å². The number of ether oxygens (including phenoxy) is 2. The van der Waals surface area contributed by atoms with Gasteiger partial charge < -0.3 is 20.1 Å². The lowest BCUT2D eigenvalue weighted by molar-refractivity contribution is -0.129. The normalized spacial score (nSPS) is 13.0. The summed E-state index contributed by atoms with van der Waals surface area (Å²) in [5, 5.41) is 5.87. The molecule has 176 valence electrons. The standard InChI is InChI=1S/C23H34N4O5/c1-14(2)8-7-9-15(3)25-22(29)16(4)26-21(28)12-27-13-24-18-11-20(32-6)19(31-5)10-17(18)23(27)30/h10-11,13-16H,7-9,12H2,1-6H3,(H,25,29)(H,26,28)/t15-,16-/m0/s1. The second kappa shape index (κ2) is 11.5. The predicted octanol–water partition coefficient (Wildman–Crippen LogP) is 2.25. The van der Waals surface area contributed by atoms with Gasteiger partial charge in [0, 0.05) is 12.1 Å². The molecule has 0 fully saturated rings. The fourth-order valence-electron chi connectivity index (χ4n) is 3.38. The highest BCUT2D eigenvalue weighted by Crippen LogP contribution is 2.29. The van der Waals surface area contributed by atoms with E-state index in [1.807, 2.05) is 6.92 Å². The molecule has 2 atom stereocenters. The molecule has 0 bridgehead atoms. The minimum Gasteiger partial charge on any atom is -0.493 e. The van der Waals surface area contributed by atoms with Crippen LogP contribution in [-0.4, -0.2) is 47.7 Å². The summed E-state index contributed by atoms with van der Waals surface area (Å²) in [6.45, 7) is 7.66. The van der Waals surface area contributed by atoms with Gasteiger partial charge >= 0.3 is 0 Å². The van der Waals surface area contributed by atoms with E-state index in [0.717, 1.165) is 19.3 Å². The third-order valence-corrected chi connectivity index (χ3v) is 5.22. The molecule has 0 spiro atoms. The average Bonchev–Trinajstić information content (AvgIpc) is 2.74. The molecular weight excluding hydrogens is 412 g/mol. The molecule has 0 aliphatic rings. The Hall–Kier alpha value is -3.10. The number of hydrogen-bond donors (Lipinski definition) is 2. The summed E-state index contributed by atoms with van der Waals surface area (Å²) in [5.41, 5.74) is 0.0468. The summed E-state index contributed by atoms with van der Waals surface area (Å²) in [7, 11) is 2.97. The summed E-state index contributed by atoms with van der Waals surface area (Å²) >= 11 is 0. The van der Waals surface area contributed by atoms with Crippen molar-refractivity contribution in [3.05, 3.63) is 28.8 Å². The molecule has 9 heteroatoms. The minimum atomic E-state index is -0.719. The van der Waals surface area contributed by atoms with E-state index in [0.29, 0.717) is 28.3 Å². The summed E-state index contributed by atoms with van der Waals surface area (Å²) < 4.78 is 11.7. The summed E-state index contributed by atoms with van der Waals surface area (Å²) in [4.78, 5) is 41.9. The second-order valence-corrected chi connectivity index (χ2v) is 8.43. The van der Waals surface area contributed by atoms with Gasteiger partial charge in [-0.05, 0) is 32.3 Å². The van der Waals surface area contributed by atoms with Crippen LogP contribution in [-0.2, 0) is 16.1 Å². The van der Waals surface area contributed by atoms with Crippen LogP contribution in [0.15, 0.2) is 23.3 Å². The molecule has 1 heterocycles. The van der Waals surface area contributed by atoms with Gasteiger partial charge in [0.25, 0.3) is 5.56 Å². The van der Waals surface area contributed by atoms with Crippen molar-refractivity contribution in [2.45, 2.75) is 65.6 Å². The number of amides is 2. The number of benzene rings is 1. The van der Waals surface area contributed by atoms with Crippen LogP contribution >= 0.6 is 0 Å². The Morgan fingerprint density at radius 2 is 1.69 bits per heavy atom. The number of methoxy groups -OCH3 is 2. The zero-order chi connectivity index (χ0) is 23.8. The number of nitrogens with zero attached hydrogens (tertiary/aromatic N) is 2. The molecule has 0 aliphatic carbocycles. The Kier molecular flexibility index (Phi) is 9.04. The van der Waals surface area contributed by atoms with Crippen LogP contribution in [0.5, 0.6) is 11.5 Å². The summed E-state index contributed by atoms with van der Waals surface area (Å²) in [5.74, 6) is 0.779. The fourth-order valence-corrected chi connectivity index (χ4v) is 3.38. The molecule has 0 aliphatic heterocycles. The Bertz CT molecular complexity index is 1000. The van der Waals surface area contributed by atoms with Gasteiger partial charge in [-0.3, -0.25) is 19.0 Å². The number of carbonyl (C=O) groups is 2. The van der Waals surface area contributed by atoms with Gasteiger partial charge in [0.2, 0.25) is 11.8 Å². The molecule has 0 radical (unpaired) electrons. The monoisotopic (exact) mass is 446 g/mol. The molecule has 1 aromatic carbocycles. The van der Waals surface area contributed by atoms with E-state index in [1.165, 1.54) is 31.2 Å². The number of rotatable bonds is 11. The third kappa shape index (κ3) is 6.70. The molecule has 0 saturated heterocycles. The molecule has 0 saturated carbocycles. The van der Waals surface area contributed by atoms with Crippen LogP contribution < -0.4 is 25.7 Å². The van der Waals surface area contributed by atoms with E-state index in [2.05, 4.69) is 29.5 Å². The quantitative estimate of drug-likeness (QED) is 0.548. The molecule has 1 aromatic heterocycles. The topological polar surface area (TPSA) is 112 Å². The van der Waals surface area contributed by atoms with E-state index in [-0.39, 0.29) is 24.1 Å². The molecule has 32 heavy (non-hydrogen) atoms. The zero-order valence-electron chi connectivity index (χ0n) is 19.7. The maximum absolute atomic E-state index is 12.8. The van der Waals surface area contributed by atoms with Crippen molar-refractivity contribution in [2.75, 3.05) is 14.2 Å². The Morgan fingerprint density at radius 1 is 1.03 bits per heavy atom. The SMILES string of the molecule is COc1cc2ncn(CC(=O)N[C@@H](C)C(=O)N[C@@H](C)CCCC(C)C)c(=O)c2cc1OC. The first-order valence-corrected chi connectivity index (χ1v) is 10.9. The average molecular weight is 447 g/mol. The van der Waals surface area contributed by atoms with E-state index < -0.39 is 11.9 Å². The van der Waals surface area contributed by atoms with Crippen molar-refractivity contribution < 1.29 is 19.1 Å². The molecule has 2 aromatic rings. The van der Waals surface area contributed by atoms with Crippen LogP contribution in [0.2, 0.25) is 0 Å². The smallest absolute Gasteiger partial charge is 0.261 e. The van der Waals surface area contributed by atoms with E-state index in [4.69, 9.17) is 9.47 Å². The lowest BCUT2D eigenvalue weighted by atomic mass is 10.0. The van der Waals surface area contributed by atoms with Crippen LogP contribution in [0.4, 0.5) is 0 Å². The van der Waals surface area contributed by atoms with Crippen LogP contribution in [0.25, 0.3) is 10.9 Å². The first kappa shape index (κ1) is 25.2. The predicted molar refractivity (Wildman–Crippen MR) is 123 cm³/mol. The Morgan fingerprint density at radius 3 is 2.31 bits per heavy atom. The van der Waals surface area contributed by atoms with Crippen molar-refractivity contribution in [3.8, 4) is 11.5 Å². The van der Waals surface area contributed by atoms with Gasteiger partial charge in [0.05, 0.1) is 31.4 Å². The highest BCUT2D eigenvalue weighted by molar-refractivity contribution is 5.87. The van der Waals surface area contributed by atoms with Crippen molar-refractivity contribution >= 4 is 22.7 Å². The maximum Gasteiger partial charge on any atom is 0.261 e. The molecule has 2 N–H and O–H groups in total.